The van der Waals surface area contributed by atoms with Crippen LogP contribution in [0.4, 0.5) is 0 Å². The zero-order valence-electron chi connectivity index (χ0n) is 12.3. The highest BCUT2D eigenvalue weighted by Gasteiger charge is 2.09. The first-order chi connectivity index (χ1) is 9.66. The molecule has 1 atom stereocenters. The van der Waals surface area contributed by atoms with E-state index in [1.165, 1.54) is 18.9 Å². The Morgan fingerprint density at radius 3 is 2.00 bits per heavy atom. The second kappa shape index (κ2) is 14.6. The van der Waals surface area contributed by atoms with Gasteiger partial charge in [-0.15, -0.1) is 9.42 Å². The van der Waals surface area contributed by atoms with Gasteiger partial charge >= 0.3 is 14.2 Å². The lowest BCUT2D eigenvalue weighted by Crippen LogP contribution is -2.01. The van der Waals surface area contributed by atoms with E-state index in [0.717, 1.165) is 38.5 Å². The van der Waals surface area contributed by atoms with Gasteiger partial charge in [0.2, 0.25) is 0 Å². The standard InChI is InChI=1S/C14H25O5P/c1-2-11-14(15)18-12-9-7-5-3-4-6-8-10-13-19-20(16)17/h2,11H,3-10,12-13H2,1H3/p+1. The Labute approximate surface area is 122 Å². The molecule has 6 heteroatoms. The van der Waals surface area contributed by atoms with E-state index in [9.17, 15) is 9.36 Å². The number of ether oxygens (including phenoxy) is 1. The second-order valence-corrected chi connectivity index (χ2v) is 5.30. The van der Waals surface area contributed by atoms with Crippen LogP contribution in [-0.2, 0) is 18.6 Å². The SMILES string of the molecule is CC=CC(=O)OCCCCCCCCCCO[P+](=O)O. The third-order valence-electron chi connectivity index (χ3n) is 2.79. The first kappa shape index (κ1) is 19.2. The molecule has 0 aliphatic heterocycles. The summed E-state index contributed by atoms with van der Waals surface area (Å²) in [6.45, 7) is 2.65. The smallest absolute Gasteiger partial charge is 0.463 e. The lowest BCUT2D eigenvalue weighted by Gasteiger charge is -2.02. The molecule has 5 nitrogen and oxygen atoms in total. The minimum Gasteiger partial charge on any atom is -0.463 e. The van der Waals surface area contributed by atoms with Gasteiger partial charge in [0.15, 0.2) is 0 Å². The molecule has 0 aromatic rings. The van der Waals surface area contributed by atoms with Crippen LogP contribution in [0.15, 0.2) is 12.2 Å². The van der Waals surface area contributed by atoms with Crippen LogP contribution < -0.4 is 0 Å². The summed E-state index contributed by atoms with van der Waals surface area (Å²) < 4.78 is 19.8. The number of unbranched alkanes of at least 4 members (excludes halogenated alkanes) is 7. The molecule has 0 saturated heterocycles. The average molecular weight is 305 g/mol. The molecule has 0 spiro atoms. The van der Waals surface area contributed by atoms with Crippen LogP contribution >= 0.6 is 8.25 Å². The fourth-order valence-electron chi connectivity index (χ4n) is 1.76. The summed E-state index contributed by atoms with van der Waals surface area (Å²) in [4.78, 5) is 19.4. The fraction of sp³-hybridized carbons (Fsp3) is 0.786. The summed E-state index contributed by atoms with van der Waals surface area (Å²) in [6, 6.07) is 0. The van der Waals surface area contributed by atoms with E-state index >= 15 is 0 Å². The Morgan fingerprint density at radius 2 is 1.50 bits per heavy atom. The van der Waals surface area contributed by atoms with Crippen LogP contribution in [0.25, 0.3) is 0 Å². The van der Waals surface area contributed by atoms with Crippen LogP contribution in [0.3, 0.4) is 0 Å². The summed E-state index contributed by atoms with van der Waals surface area (Å²) in [5.41, 5.74) is 0. The van der Waals surface area contributed by atoms with E-state index in [4.69, 9.17) is 9.63 Å². The molecule has 0 radical (unpaired) electrons. The molecule has 0 heterocycles. The number of esters is 1. The Bertz CT molecular complexity index is 291. The quantitative estimate of drug-likeness (QED) is 0.242. The zero-order valence-corrected chi connectivity index (χ0v) is 13.1. The largest absolute Gasteiger partial charge is 0.694 e. The molecule has 20 heavy (non-hydrogen) atoms. The molecule has 0 aromatic carbocycles. The van der Waals surface area contributed by atoms with Gasteiger partial charge in [0, 0.05) is 10.6 Å². The Balaban J connectivity index is 3.10. The summed E-state index contributed by atoms with van der Waals surface area (Å²) in [5.74, 6) is -0.264. The Morgan fingerprint density at radius 1 is 1.00 bits per heavy atom. The average Bonchev–Trinajstić information content (AvgIpc) is 2.40. The van der Waals surface area contributed by atoms with Crippen molar-refractivity contribution in [3.8, 4) is 0 Å². The van der Waals surface area contributed by atoms with Gasteiger partial charge in [0.25, 0.3) is 0 Å². The van der Waals surface area contributed by atoms with Gasteiger partial charge in [-0.05, 0) is 19.8 Å². The molecule has 0 fully saturated rings. The molecule has 0 rings (SSSR count). The van der Waals surface area contributed by atoms with Gasteiger partial charge in [-0.3, -0.25) is 0 Å². The molecule has 1 unspecified atom stereocenters. The van der Waals surface area contributed by atoms with Gasteiger partial charge in [0.1, 0.15) is 6.61 Å². The van der Waals surface area contributed by atoms with Crippen LogP contribution in [0.2, 0.25) is 0 Å². The van der Waals surface area contributed by atoms with Crippen molar-refractivity contribution in [1.82, 2.24) is 0 Å². The molecular formula is C14H26O5P+. The molecule has 0 saturated carbocycles. The van der Waals surface area contributed by atoms with E-state index in [-0.39, 0.29) is 5.97 Å². The molecule has 1 N–H and O–H groups in total. The van der Waals surface area contributed by atoms with E-state index < -0.39 is 8.25 Å². The summed E-state index contributed by atoms with van der Waals surface area (Å²) in [7, 11) is -2.43. The minimum atomic E-state index is -2.43. The molecular weight excluding hydrogens is 279 g/mol. The highest BCUT2D eigenvalue weighted by atomic mass is 31.1. The number of hydrogen-bond donors (Lipinski definition) is 1. The molecule has 0 amide bonds. The van der Waals surface area contributed by atoms with Crippen molar-refractivity contribution < 1.29 is 23.5 Å². The number of hydrogen-bond acceptors (Lipinski definition) is 4. The number of allylic oxidation sites excluding steroid dienone is 1. The number of carbonyl (C=O) groups is 1. The molecule has 0 aliphatic carbocycles. The predicted molar refractivity (Wildman–Crippen MR) is 78.5 cm³/mol. The van der Waals surface area contributed by atoms with E-state index in [1.54, 1.807) is 13.0 Å². The van der Waals surface area contributed by atoms with E-state index in [1.807, 2.05) is 0 Å². The van der Waals surface area contributed by atoms with Crippen LogP contribution in [-0.4, -0.2) is 24.1 Å². The predicted octanol–water partition coefficient (Wildman–Crippen LogP) is 3.89. The monoisotopic (exact) mass is 305 g/mol. The Hall–Kier alpha value is -0.770. The maximum Gasteiger partial charge on any atom is 0.694 e. The maximum atomic E-state index is 11.0. The zero-order chi connectivity index (χ0) is 15.1. The third kappa shape index (κ3) is 15.3. The van der Waals surface area contributed by atoms with Crippen LogP contribution in [0, 0.1) is 0 Å². The fourth-order valence-corrected chi connectivity index (χ4v) is 2.05. The first-order valence-electron chi connectivity index (χ1n) is 7.25. The maximum absolute atomic E-state index is 11.0. The van der Waals surface area contributed by atoms with Gasteiger partial charge < -0.3 is 4.74 Å². The topological polar surface area (TPSA) is 72.8 Å². The van der Waals surface area contributed by atoms with Gasteiger partial charge in [-0.25, -0.2) is 4.79 Å². The minimum absolute atomic E-state index is 0.264. The van der Waals surface area contributed by atoms with Crippen LogP contribution in [0.1, 0.15) is 58.3 Å². The summed E-state index contributed by atoms with van der Waals surface area (Å²) >= 11 is 0. The van der Waals surface area contributed by atoms with Crippen molar-refractivity contribution in [2.75, 3.05) is 13.2 Å². The lowest BCUT2D eigenvalue weighted by atomic mass is 10.1. The van der Waals surface area contributed by atoms with E-state index in [0.29, 0.717) is 13.2 Å². The van der Waals surface area contributed by atoms with Crippen molar-refractivity contribution in [1.29, 1.82) is 0 Å². The van der Waals surface area contributed by atoms with E-state index in [2.05, 4.69) is 4.52 Å². The van der Waals surface area contributed by atoms with Crippen LogP contribution in [0.5, 0.6) is 0 Å². The molecule has 116 valence electrons. The highest BCUT2D eigenvalue weighted by molar-refractivity contribution is 7.32. The van der Waals surface area contributed by atoms with Crippen molar-refractivity contribution in [3.05, 3.63) is 12.2 Å². The third-order valence-corrected chi connectivity index (χ3v) is 3.19. The Kier molecular flexibility index (Phi) is 14.1. The highest BCUT2D eigenvalue weighted by Crippen LogP contribution is 2.15. The number of carbonyl (C=O) groups excluding carboxylic acids is 1. The van der Waals surface area contributed by atoms with Crippen molar-refractivity contribution >= 4 is 14.2 Å². The van der Waals surface area contributed by atoms with Gasteiger partial charge in [-0.2, -0.15) is 0 Å². The first-order valence-corrected chi connectivity index (χ1v) is 8.38. The summed E-state index contributed by atoms with van der Waals surface area (Å²) in [5, 5.41) is 0. The van der Waals surface area contributed by atoms with Crippen molar-refractivity contribution in [3.63, 3.8) is 0 Å². The molecule has 0 aliphatic rings. The summed E-state index contributed by atoms with van der Waals surface area (Å²) in [6.07, 6.45) is 11.6. The van der Waals surface area contributed by atoms with Crippen molar-refractivity contribution in [2.24, 2.45) is 0 Å². The normalized spacial score (nSPS) is 11.8. The van der Waals surface area contributed by atoms with Gasteiger partial charge in [0.05, 0.1) is 6.61 Å². The van der Waals surface area contributed by atoms with Gasteiger partial charge in [-0.1, -0.05) is 44.6 Å². The molecule has 0 bridgehead atoms. The van der Waals surface area contributed by atoms with Crippen molar-refractivity contribution in [2.45, 2.75) is 58.3 Å². The number of rotatable bonds is 13. The second-order valence-electron chi connectivity index (χ2n) is 4.57. The lowest BCUT2D eigenvalue weighted by molar-refractivity contribution is -0.137. The molecule has 0 aromatic heterocycles.